The number of aromatic nitrogens is 3. The van der Waals surface area contributed by atoms with Gasteiger partial charge in [-0.25, -0.2) is 4.68 Å². The Morgan fingerprint density at radius 2 is 2.29 bits per heavy atom. The van der Waals surface area contributed by atoms with E-state index in [1.807, 2.05) is 6.92 Å². The Morgan fingerprint density at radius 3 is 2.94 bits per heavy atom. The fourth-order valence-corrected chi connectivity index (χ4v) is 1.72. The van der Waals surface area contributed by atoms with Gasteiger partial charge in [0, 0.05) is 19.3 Å². The molecule has 1 rings (SSSR count). The summed E-state index contributed by atoms with van der Waals surface area (Å²) in [5.74, 6) is 0. The summed E-state index contributed by atoms with van der Waals surface area (Å²) in [6.45, 7) is 5.50. The highest BCUT2D eigenvalue weighted by Crippen LogP contribution is 2.10. The molecular formula is C11H22N4O2. The predicted octanol–water partition coefficient (Wildman–Crippen LogP) is -0.0889. The van der Waals surface area contributed by atoms with Crippen LogP contribution in [0.3, 0.4) is 0 Å². The normalized spacial score (nSPS) is 14.8. The van der Waals surface area contributed by atoms with Gasteiger partial charge in [0.15, 0.2) is 0 Å². The maximum Gasteiger partial charge on any atom is 0.0964 e. The molecule has 1 aromatic rings. The quantitative estimate of drug-likeness (QED) is 0.593. The van der Waals surface area contributed by atoms with E-state index in [1.54, 1.807) is 10.9 Å². The van der Waals surface area contributed by atoms with Crippen molar-refractivity contribution < 1.29 is 10.2 Å². The van der Waals surface area contributed by atoms with Crippen LogP contribution in [-0.2, 0) is 13.1 Å². The van der Waals surface area contributed by atoms with Crippen LogP contribution in [0.4, 0.5) is 0 Å². The summed E-state index contributed by atoms with van der Waals surface area (Å²) >= 11 is 0. The van der Waals surface area contributed by atoms with Crippen molar-refractivity contribution in [3.8, 4) is 0 Å². The van der Waals surface area contributed by atoms with E-state index >= 15 is 0 Å². The number of aliphatic hydroxyl groups excluding tert-OH is 1. The van der Waals surface area contributed by atoms with E-state index in [1.165, 1.54) is 0 Å². The fourth-order valence-electron chi connectivity index (χ4n) is 1.72. The number of rotatable bonds is 8. The number of hydrogen-bond acceptors (Lipinski definition) is 5. The first kappa shape index (κ1) is 14.1. The summed E-state index contributed by atoms with van der Waals surface area (Å²) in [6, 6.07) is 0. The SMILES string of the molecule is CCCC(C)(O)CNCc1cn(CCO)nn1. The van der Waals surface area contributed by atoms with Gasteiger partial charge in [0.1, 0.15) is 0 Å². The Bertz CT molecular complexity index is 325. The lowest BCUT2D eigenvalue weighted by molar-refractivity contribution is 0.0497. The Balaban J connectivity index is 2.30. The smallest absolute Gasteiger partial charge is 0.0964 e. The van der Waals surface area contributed by atoms with Crippen molar-refractivity contribution in [2.24, 2.45) is 0 Å². The minimum absolute atomic E-state index is 0.0570. The average molecular weight is 242 g/mol. The highest BCUT2D eigenvalue weighted by molar-refractivity contribution is 4.92. The van der Waals surface area contributed by atoms with Crippen molar-refractivity contribution in [1.82, 2.24) is 20.3 Å². The topological polar surface area (TPSA) is 83.2 Å². The van der Waals surface area contributed by atoms with E-state index < -0.39 is 5.60 Å². The van der Waals surface area contributed by atoms with E-state index in [9.17, 15) is 5.11 Å². The third-order valence-corrected chi connectivity index (χ3v) is 2.52. The van der Waals surface area contributed by atoms with Crippen LogP contribution in [0.15, 0.2) is 6.20 Å². The first-order valence-corrected chi connectivity index (χ1v) is 6.00. The molecular weight excluding hydrogens is 220 g/mol. The lowest BCUT2D eigenvalue weighted by atomic mass is 10.0. The summed E-state index contributed by atoms with van der Waals surface area (Å²) in [6.07, 6.45) is 3.52. The molecule has 17 heavy (non-hydrogen) atoms. The Morgan fingerprint density at radius 1 is 1.53 bits per heavy atom. The highest BCUT2D eigenvalue weighted by atomic mass is 16.3. The minimum Gasteiger partial charge on any atom is -0.394 e. The Hall–Kier alpha value is -0.980. The van der Waals surface area contributed by atoms with Crippen LogP contribution >= 0.6 is 0 Å². The molecule has 0 amide bonds. The van der Waals surface area contributed by atoms with Gasteiger partial charge in [-0.2, -0.15) is 0 Å². The van der Waals surface area contributed by atoms with Crippen molar-refractivity contribution >= 4 is 0 Å². The zero-order chi connectivity index (χ0) is 12.7. The summed E-state index contributed by atoms with van der Waals surface area (Å²) in [4.78, 5) is 0. The van der Waals surface area contributed by atoms with Crippen molar-refractivity contribution in [2.75, 3.05) is 13.2 Å². The standard InChI is InChI=1S/C11H22N4O2/c1-3-4-11(2,17)9-12-7-10-8-15(5-6-16)14-13-10/h8,12,16-17H,3-7,9H2,1-2H3. The van der Waals surface area contributed by atoms with Crippen LogP contribution in [0.5, 0.6) is 0 Å². The van der Waals surface area contributed by atoms with Crippen molar-refractivity contribution in [2.45, 2.75) is 45.4 Å². The van der Waals surface area contributed by atoms with E-state index in [0.717, 1.165) is 18.5 Å². The number of nitrogens with zero attached hydrogens (tertiary/aromatic N) is 3. The lowest BCUT2D eigenvalue weighted by Crippen LogP contribution is -2.37. The van der Waals surface area contributed by atoms with Crippen molar-refractivity contribution in [1.29, 1.82) is 0 Å². The van der Waals surface area contributed by atoms with Crippen LogP contribution in [-0.4, -0.2) is 44.0 Å². The zero-order valence-electron chi connectivity index (χ0n) is 10.6. The van der Waals surface area contributed by atoms with Crippen LogP contribution < -0.4 is 5.32 Å². The second-order valence-corrected chi connectivity index (χ2v) is 4.55. The molecule has 0 spiro atoms. The molecule has 98 valence electrons. The van der Waals surface area contributed by atoms with Crippen LogP contribution in [0, 0.1) is 0 Å². The van der Waals surface area contributed by atoms with E-state index in [-0.39, 0.29) is 6.61 Å². The first-order chi connectivity index (χ1) is 8.07. The van der Waals surface area contributed by atoms with Crippen LogP contribution in [0.1, 0.15) is 32.4 Å². The second kappa shape index (κ2) is 6.68. The van der Waals surface area contributed by atoms with Gasteiger partial charge >= 0.3 is 0 Å². The molecule has 6 nitrogen and oxygen atoms in total. The third-order valence-electron chi connectivity index (χ3n) is 2.52. The summed E-state index contributed by atoms with van der Waals surface area (Å²) < 4.78 is 1.60. The molecule has 0 aliphatic carbocycles. The Kier molecular flexibility index (Phi) is 5.54. The molecule has 0 aliphatic heterocycles. The van der Waals surface area contributed by atoms with Gasteiger partial charge in [-0.15, -0.1) is 5.10 Å². The van der Waals surface area contributed by atoms with Crippen LogP contribution in [0.2, 0.25) is 0 Å². The first-order valence-electron chi connectivity index (χ1n) is 6.00. The minimum atomic E-state index is -0.671. The molecule has 0 saturated heterocycles. The van der Waals surface area contributed by atoms with Gasteiger partial charge in [0.05, 0.1) is 24.4 Å². The lowest BCUT2D eigenvalue weighted by Gasteiger charge is -2.22. The molecule has 0 bridgehead atoms. The molecule has 1 atom stereocenters. The molecule has 1 aromatic heterocycles. The van der Waals surface area contributed by atoms with Crippen LogP contribution in [0.25, 0.3) is 0 Å². The van der Waals surface area contributed by atoms with Gasteiger partial charge in [0.25, 0.3) is 0 Å². The second-order valence-electron chi connectivity index (χ2n) is 4.55. The van der Waals surface area contributed by atoms with Crippen molar-refractivity contribution in [3.05, 3.63) is 11.9 Å². The molecule has 1 heterocycles. The van der Waals surface area contributed by atoms with E-state index in [2.05, 4.69) is 22.6 Å². The fraction of sp³-hybridized carbons (Fsp3) is 0.818. The zero-order valence-corrected chi connectivity index (χ0v) is 10.6. The van der Waals surface area contributed by atoms with Gasteiger partial charge in [0.2, 0.25) is 0 Å². The average Bonchev–Trinajstić information content (AvgIpc) is 2.66. The summed E-state index contributed by atoms with van der Waals surface area (Å²) in [5, 5.41) is 29.7. The largest absolute Gasteiger partial charge is 0.394 e. The van der Waals surface area contributed by atoms with E-state index in [4.69, 9.17) is 5.11 Å². The molecule has 0 saturated carbocycles. The number of nitrogens with one attached hydrogen (secondary N) is 1. The monoisotopic (exact) mass is 242 g/mol. The molecule has 3 N–H and O–H groups in total. The van der Waals surface area contributed by atoms with Crippen molar-refractivity contribution in [3.63, 3.8) is 0 Å². The maximum atomic E-state index is 9.95. The number of hydrogen-bond donors (Lipinski definition) is 3. The Labute approximate surface area is 102 Å². The van der Waals surface area contributed by atoms with Gasteiger partial charge in [-0.05, 0) is 13.3 Å². The molecule has 0 aliphatic rings. The van der Waals surface area contributed by atoms with Gasteiger partial charge in [-0.1, -0.05) is 18.6 Å². The molecule has 0 fully saturated rings. The van der Waals surface area contributed by atoms with E-state index in [0.29, 0.717) is 19.6 Å². The number of aliphatic hydroxyl groups is 2. The highest BCUT2D eigenvalue weighted by Gasteiger charge is 2.18. The third kappa shape index (κ3) is 5.25. The summed E-state index contributed by atoms with van der Waals surface area (Å²) in [7, 11) is 0. The molecule has 6 heteroatoms. The predicted molar refractivity (Wildman–Crippen MR) is 64.3 cm³/mol. The van der Waals surface area contributed by atoms with Gasteiger partial charge in [-0.3, -0.25) is 0 Å². The summed E-state index contributed by atoms with van der Waals surface area (Å²) in [5.41, 5.74) is 0.140. The maximum absolute atomic E-state index is 9.95. The molecule has 0 radical (unpaired) electrons. The molecule has 1 unspecified atom stereocenters. The van der Waals surface area contributed by atoms with Gasteiger partial charge < -0.3 is 15.5 Å². The molecule has 0 aromatic carbocycles.